The van der Waals surface area contributed by atoms with E-state index in [1.807, 2.05) is 12.1 Å². The molecular weight excluding hydrogens is 282 g/mol. The Morgan fingerprint density at radius 2 is 1.90 bits per heavy atom. The maximum Gasteiger partial charge on any atom is 0.142 e. The molecule has 4 heteroatoms. The molecule has 0 atom stereocenters. The third-order valence-electron chi connectivity index (χ3n) is 3.59. The van der Waals surface area contributed by atoms with Gasteiger partial charge in [0.1, 0.15) is 5.82 Å². The van der Waals surface area contributed by atoms with Crippen LogP contribution in [-0.2, 0) is 0 Å². The standard InChI is InChI=1S/C17H18ClN3/c1-10(2)21-16-7-4-11(3)8-15(16)20-17(21)13-9-12(19)5-6-14(13)18/h4-10H,19H2,1-3H3. The molecule has 0 aliphatic carbocycles. The van der Waals surface area contributed by atoms with E-state index in [1.54, 1.807) is 6.07 Å². The molecule has 21 heavy (non-hydrogen) atoms. The number of fused-ring (bicyclic) bond motifs is 1. The second-order valence-corrected chi connectivity index (χ2v) is 6.04. The molecule has 0 saturated carbocycles. The van der Waals surface area contributed by atoms with Gasteiger partial charge in [0.2, 0.25) is 0 Å². The molecule has 3 rings (SSSR count). The van der Waals surface area contributed by atoms with Gasteiger partial charge in [-0.2, -0.15) is 0 Å². The normalized spacial score (nSPS) is 11.5. The quantitative estimate of drug-likeness (QED) is 0.689. The lowest BCUT2D eigenvalue weighted by molar-refractivity contribution is 0.624. The molecule has 0 aliphatic heterocycles. The molecule has 0 spiro atoms. The third-order valence-corrected chi connectivity index (χ3v) is 3.92. The van der Waals surface area contributed by atoms with E-state index in [0.29, 0.717) is 10.7 Å². The number of nitrogens with two attached hydrogens (primary N) is 1. The molecule has 3 nitrogen and oxygen atoms in total. The molecule has 1 heterocycles. The van der Waals surface area contributed by atoms with Gasteiger partial charge in [0, 0.05) is 17.3 Å². The first-order valence-electron chi connectivity index (χ1n) is 7.01. The number of benzene rings is 2. The van der Waals surface area contributed by atoms with Crippen molar-refractivity contribution in [2.45, 2.75) is 26.8 Å². The summed E-state index contributed by atoms with van der Waals surface area (Å²) in [6.45, 7) is 6.36. The number of anilines is 1. The molecule has 0 unspecified atom stereocenters. The smallest absolute Gasteiger partial charge is 0.142 e. The predicted octanol–water partition coefficient (Wildman–Crippen LogP) is 4.83. The summed E-state index contributed by atoms with van der Waals surface area (Å²) in [5.41, 5.74) is 10.8. The molecule has 0 aliphatic rings. The summed E-state index contributed by atoms with van der Waals surface area (Å²) in [6, 6.07) is 12.1. The SMILES string of the molecule is Cc1ccc2c(c1)nc(-c1cc(N)ccc1Cl)n2C(C)C. The second-order valence-electron chi connectivity index (χ2n) is 5.63. The number of aromatic nitrogens is 2. The van der Waals surface area contributed by atoms with Crippen LogP contribution in [0, 0.1) is 6.92 Å². The van der Waals surface area contributed by atoms with Crippen LogP contribution in [0.15, 0.2) is 36.4 Å². The fourth-order valence-corrected chi connectivity index (χ4v) is 2.84. The van der Waals surface area contributed by atoms with Gasteiger partial charge in [-0.15, -0.1) is 0 Å². The van der Waals surface area contributed by atoms with Crippen LogP contribution in [-0.4, -0.2) is 9.55 Å². The Morgan fingerprint density at radius 3 is 2.62 bits per heavy atom. The first-order valence-corrected chi connectivity index (χ1v) is 7.39. The van der Waals surface area contributed by atoms with Gasteiger partial charge in [-0.05, 0) is 56.7 Å². The Morgan fingerprint density at radius 1 is 1.14 bits per heavy atom. The topological polar surface area (TPSA) is 43.8 Å². The van der Waals surface area contributed by atoms with Gasteiger partial charge in [-0.1, -0.05) is 17.7 Å². The van der Waals surface area contributed by atoms with Crippen LogP contribution in [0.1, 0.15) is 25.5 Å². The molecule has 3 aromatic rings. The van der Waals surface area contributed by atoms with E-state index in [1.165, 1.54) is 5.56 Å². The van der Waals surface area contributed by atoms with E-state index in [9.17, 15) is 0 Å². The highest BCUT2D eigenvalue weighted by Gasteiger charge is 2.17. The van der Waals surface area contributed by atoms with Crippen LogP contribution in [0.3, 0.4) is 0 Å². The number of nitrogen functional groups attached to an aromatic ring is 1. The number of imidazole rings is 1. The van der Waals surface area contributed by atoms with Gasteiger partial charge in [0.25, 0.3) is 0 Å². The molecule has 108 valence electrons. The Labute approximate surface area is 129 Å². The Hall–Kier alpha value is -2.00. The van der Waals surface area contributed by atoms with Crippen LogP contribution in [0.4, 0.5) is 5.69 Å². The van der Waals surface area contributed by atoms with E-state index < -0.39 is 0 Å². The van der Waals surface area contributed by atoms with Crippen molar-refractivity contribution in [2.24, 2.45) is 0 Å². The first-order chi connectivity index (χ1) is 9.97. The first kappa shape index (κ1) is 14.0. The van der Waals surface area contributed by atoms with Gasteiger partial charge in [0.05, 0.1) is 16.1 Å². The van der Waals surface area contributed by atoms with Gasteiger partial charge in [-0.3, -0.25) is 0 Å². The molecule has 0 bridgehead atoms. The van der Waals surface area contributed by atoms with Crippen LogP contribution in [0.25, 0.3) is 22.4 Å². The van der Waals surface area contributed by atoms with E-state index >= 15 is 0 Å². The fraction of sp³-hybridized carbons (Fsp3) is 0.235. The van der Waals surface area contributed by atoms with Crippen molar-refractivity contribution in [1.82, 2.24) is 9.55 Å². The number of hydrogen-bond donors (Lipinski definition) is 1. The van der Waals surface area contributed by atoms with Crippen molar-refractivity contribution in [3.63, 3.8) is 0 Å². The summed E-state index contributed by atoms with van der Waals surface area (Å²) < 4.78 is 2.20. The number of nitrogens with zero attached hydrogens (tertiary/aromatic N) is 2. The van der Waals surface area contributed by atoms with Crippen LogP contribution >= 0.6 is 11.6 Å². The zero-order chi connectivity index (χ0) is 15.1. The summed E-state index contributed by atoms with van der Waals surface area (Å²) in [5, 5.41) is 0.665. The van der Waals surface area contributed by atoms with Gasteiger partial charge >= 0.3 is 0 Å². The summed E-state index contributed by atoms with van der Waals surface area (Å²) in [4.78, 5) is 4.79. The maximum absolute atomic E-state index is 6.36. The predicted molar refractivity (Wildman–Crippen MR) is 89.7 cm³/mol. The minimum atomic E-state index is 0.283. The lowest BCUT2D eigenvalue weighted by Crippen LogP contribution is -2.03. The van der Waals surface area contributed by atoms with Crippen molar-refractivity contribution >= 4 is 28.3 Å². The summed E-state index contributed by atoms with van der Waals surface area (Å²) in [5.74, 6) is 0.864. The minimum absolute atomic E-state index is 0.283. The zero-order valence-electron chi connectivity index (χ0n) is 12.4. The molecule has 2 N–H and O–H groups in total. The minimum Gasteiger partial charge on any atom is -0.399 e. The van der Waals surface area contributed by atoms with Crippen molar-refractivity contribution < 1.29 is 0 Å². The molecule has 1 aromatic heterocycles. The largest absolute Gasteiger partial charge is 0.399 e. The monoisotopic (exact) mass is 299 g/mol. The highest BCUT2D eigenvalue weighted by molar-refractivity contribution is 6.33. The average molecular weight is 300 g/mol. The average Bonchev–Trinajstić information content (AvgIpc) is 2.79. The van der Waals surface area contributed by atoms with Crippen LogP contribution in [0.2, 0.25) is 5.02 Å². The lowest BCUT2D eigenvalue weighted by atomic mass is 10.1. The van der Waals surface area contributed by atoms with Crippen LogP contribution < -0.4 is 5.73 Å². The second kappa shape index (κ2) is 5.08. The fourth-order valence-electron chi connectivity index (χ4n) is 2.64. The summed E-state index contributed by atoms with van der Waals surface area (Å²) in [7, 11) is 0. The maximum atomic E-state index is 6.36. The Balaban J connectivity index is 2.36. The molecule has 0 saturated heterocycles. The van der Waals surface area contributed by atoms with E-state index in [4.69, 9.17) is 22.3 Å². The number of halogens is 1. The van der Waals surface area contributed by atoms with Gasteiger partial charge < -0.3 is 10.3 Å². The van der Waals surface area contributed by atoms with Gasteiger partial charge in [0.15, 0.2) is 0 Å². The lowest BCUT2D eigenvalue weighted by Gasteiger charge is -2.14. The highest BCUT2D eigenvalue weighted by Crippen LogP contribution is 2.34. The van der Waals surface area contributed by atoms with Crippen molar-refractivity contribution in [2.75, 3.05) is 5.73 Å². The van der Waals surface area contributed by atoms with E-state index in [0.717, 1.165) is 22.4 Å². The van der Waals surface area contributed by atoms with Crippen molar-refractivity contribution in [1.29, 1.82) is 0 Å². The van der Waals surface area contributed by atoms with Crippen molar-refractivity contribution in [3.05, 3.63) is 47.0 Å². The molecular formula is C17H18ClN3. The number of hydrogen-bond acceptors (Lipinski definition) is 2. The van der Waals surface area contributed by atoms with Gasteiger partial charge in [-0.25, -0.2) is 4.98 Å². The van der Waals surface area contributed by atoms with E-state index in [-0.39, 0.29) is 6.04 Å². The van der Waals surface area contributed by atoms with Crippen molar-refractivity contribution in [3.8, 4) is 11.4 Å². The third kappa shape index (κ3) is 2.38. The summed E-state index contributed by atoms with van der Waals surface area (Å²) >= 11 is 6.36. The van der Waals surface area contributed by atoms with E-state index in [2.05, 4.69) is 43.5 Å². The summed E-state index contributed by atoms with van der Waals surface area (Å²) in [6.07, 6.45) is 0. The molecule has 0 amide bonds. The number of aryl methyl sites for hydroxylation is 1. The zero-order valence-corrected chi connectivity index (χ0v) is 13.1. The number of rotatable bonds is 2. The molecule has 0 fully saturated rings. The Bertz CT molecular complexity index is 818. The molecule has 2 aromatic carbocycles. The highest BCUT2D eigenvalue weighted by atomic mass is 35.5. The van der Waals surface area contributed by atoms with Crippen LogP contribution in [0.5, 0.6) is 0 Å². The Kier molecular flexibility index (Phi) is 3.38. The molecule has 0 radical (unpaired) electrons.